The number of amides is 1. The third-order valence-corrected chi connectivity index (χ3v) is 2.70. The maximum atomic E-state index is 11.8. The summed E-state index contributed by atoms with van der Waals surface area (Å²) in [5.41, 5.74) is 9.82. The van der Waals surface area contributed by atoms with Crippen LogP contribution in [0.25, 0.3) is 0 Å². The maximum Gasteiger partial charge on any atom is 0.273 e. The van der Waals surface area contributed by atoms with Crippen molar-refractivity contribution in [1.82, 2.24) is 5.43 Å². The van der Waals surface area contributed by atoms with Crippen molar-refractivity contribution in [1.29, 1.82) is 0 Å². The first-order valence-corrected chi connectivity index (χ1v) is 6.02. The second-order valence-electron chi connectivity index (χ2n) is 4.06. The second-order valence-corrected chi connectivity index (χ2v) is 4.06. The first-order chi connectivity index (χ1) is 9.70. The molecule has 0 spiro atoms. The zero-order valence-electron chi connectivity index (χ0n) is 11.0. The van der Waals surface area contributed by atoms with Gasteiger partial charge in [0.05, 0.1) is 18.9 Å². The molecule has 2 aromatic carbocycles. The summed E-state index contributed by atoms with van der Waals surface area (Å²) >= 11 is 0. The van der Waals surface area contributed by atoms with Crippen molar-refractivity contribution in [3.8, 4) is 5.75 Å². The van der Waals surface area contributed by atoms with E-state index in [0.29, 0.717) is 11.3 Å². The molecular formula is C15H15N3O2. The summed E-state index contributed by atoms with van der Waals surface area (Å²) in [6.07, 6.45) is 1.55. The average molecular weight is 269 g/mol. The van der Waals surface area contributed by atoms with Crippen LogP contribution in [0.2, 0.25) is 0 Å². The lowest BCUT2D eigenvalue weighted by Gasteiger charge is -2.03. The minimum atomic E-state index is -0.340. The summed E-state index contributed by atoms with van der Waals surface area (Å²) in [5, 5.41) is 3.89. The first-order valence-electron chi connectivity index (χ1n) is 6.02. The van der Waals surface area contributed by atoms with Gasteiger partial charge in [-0.15, -0.1) is 0 Å². The standard InChI is InChI=1S/C15H15N3O2/c1-20-12-8-6-11(7-9-12)10-17-18-15(19)13-4-2-3-5-14(13)16/h2-10H,16H2,1H3,(H,18,19). The minimum absolute atomic E-state index is 0.340. The Balaban J connectivity index is 1.99. The van der Waals surface area contributed by atoms with Crippen LogP contribution in [0.4, 0.5) is 5.69 Å². The summed E-state index contributed by atoms with van der Waals surface area (Å²) in [5.74, 6) is 0.427. The third-order valence-electron chi connectivity index (χ3n) is 2.70. The third kappa shape index (κ3) is 3.35. The Hall–Kier alpha value is -2.82. The molecule has 102 valence electrons. The number of carbonyl (C=O) groups is 1. The Morgan fingerprint density at radius 2 is 1.90 bits per heavy atom. The van der Waals surface area contributed by atoms with E-state index in [-0.39, 0.29) is 5.91 Å². The monoisotopic (exact) mass is 269 g/mol. The molecule has 0 aliphatic carbocycles. The van der Waals surface area contributed by atoms with Gasteiger partial charge in [-0.05, 0) is 42.0 Å². The molecule has 2 aromatic rings. The average Bonchev–Trinajstić information content (AvgIpc) is 2.48. The molecule has 5 nitrogen and oxygen atoms in total. The van der Waals surface area contributed by atoms with Crippen LogP contribution in [-0.4, -0.2) is 19.2 Å². The smallest absolute Gasteiger partial charge is 0.273 e. The van der Waals surface area contributed by atoms with Gasteiger partial charge in [0.2, 0.25) is 0 Å². The molecule has 0 saturated carbocycles. The van der Waals surface area contributed by atoms with Crippen LogP contribution in [0.1, 0.15) is 15.9 Å². The lowest BCUT2D eigenvalue weighted by Crippen LogP contribution is -2.18. The number of benzene rings is 2. The van der Waals surface area contributed by atoms with Gasteiger partial charge in [-0.1, -0.05) is 12.1 Å². The van der Waals surface area contributed by atoms with Crippen LogP contribution < -0.4 is 15.9 Å². The number of nitrogen functional groups attached to an aromatic ring is 1. The first kappa shape index (κ1) is 13.6. The Labute approximate surface area is 117 Å². The Morgan fingerprint density at radius 3 is 2.55 bits per heavy atom. The van der Waals surface area contributed by atoms with Gasteiger partial charge in [0, 0.05) is 5.69 Å². The predicted octanol–water partition coefficient (Wildman–Crippen LogP) is 2.04. The maximum absolute atomic E-state index is 11.8. The highest BCUT2D eigenvalue weighted by molar-refractivity contribution is 5.99. The second kappa shape index (κ2) is 6.38. The van der Waals surface area contributed by atoms with Crippen molar-refractivity contribution in [2.75, 3.05) is 12.8 Å². The molecule has 5 heteroatoms. The number of nitrogens with zero attached hydrogens (tertiary/aromatic N) is 1. The number of hydrogen-bond acceptors (Lipinski definition) is 4. The van der Waals surface area contributed by atoms with Crippen molar-refractivity contribution in [3.05, 3.63) is 59.7 Å². The predicted molar refractivity (Wildman–Crippen MR) is 78.9 cm³/mol. The molecule has 20 heavy (non-hydrogen) atoms. The number of methoxy groups -OCH3 is 1. The van der Waals surface area contributed by atoms with E-state index in [1.807, 2.05) is 24.3 Å². The van der Waals surface area contributed by atoms with Crippen molar-refractivity contribution in [3.63, 3.8) is 0 Å². The number of ether oxygens (including phenoxy) is 1. The molecule has 3 N–H and O–H groups in total. The zero-order chi connectivity index (χ0) is 14.4. The molecule has 0 unspecified atom stereocenters. The molecule has 2 rings (SSSR count). The largest absolute Gasteiger partial charge is 0.497 e. The molecule has 0 saturated heterocycles. The van der Waals surface area contributed by atoms with Crippen molar-refractivity contribution < 1.29 is 9.53 Å². The SMILES string of the molecule is COc1ccc(C=NNC(=O)c2ccccc2N)cc1. The number of nitrogens with two attached hydrogens (primary N) is 1. The molecule has 0 radical (unpaired) electrons. The van der Waals surface area contributed by atoms with Crippen LogP contribution in [0.3, 0.4) is 0 Å². The topological polar surface area (TPSA) is 76.7 Å². The quantitative estimate of drug-likeness (QED) is 0.506. The van der Waals surface area contributed by atoms with Gasteiger partial charge in [0.15, 0.2) is 0 Å². The lowest BCUT2D eigenvalue weighted by molar-refractivity contribution is 0.0956. The summed E-state index contributed by atoms with van der Waals surface area (Å²) in [6.45, 7) is 0. The molecule has 0 aliphatic rings. The molecule has 0 bridgehead atoms. The van der Waals surface area contributed by atoms with E-state index < -0.39 is 0 Å². The molecule has 0 aromatic heterocycles. The number of carbonyl (C=O) groups excluding carboxylic acids is 1. The Kier molecular flexibility index (Phi) is 4.34. The fourth-order valence-corrected chi connectivity index (χ4v) is 1.62. The number of hydrazone groups is 1. The van der Waals surface area contributed by atoms with Gasteiger partial charge < -0.3 is 10.5 Å². The van der Waals surface area contributed by atoms with Crippen molar-refractivity contribution in [2.45, 2.75) is 0 Å². The Bertz CT molecular complexity index is 621. The van der Waals surface area contributed by atoms with E-state index in [1.165, 1.54) is 0 Å². The summed E-state index contributed by atoms with van der Waals surface area (Å²) < 4.78 is 5.05. The van der Waals surface area contributed by atoms with E-state index in [1.54, 1.807) is 37.6 Å². The van der Waals surface area contributed by atoms with Crippen molar-refractivity contribution in [2.24, 2.45) is 5.10 Å². The number of anilines is 1. The fourth-order valence-electron chi connectivity index (χ4n) is 1.62. The van der Waals surface area contributed by atoms with Crippen LogP contribution in [0, 0.1) is 0 Å². The highest BCUT2D eigenvalue weighted by Crippen LogP contribution is 2.11. The van der Waals surface area contributed by atoms with E-state index in [9.17, 15) is 4.79 Å². The highest BCUT2D eigenvalue weighted by Gasteiger charge is 2.06. The van der Waals surface area contributed by atoms with Gasteiger partial charge in [-0.25, -0.2) is 5.43 Å². The molecule has 0 atom stereocenters. The van der Waals surface area contributed by atoms with E-state index in [4.69, 9.17) is 10.5 Å². The molecule has 0 aliphatic heterocycles. The number of hydrogen-bond donors (Lipinski definition) is 2. The van der Waals surface area contributed by atoms with E-state index in [0.717, 1.165) is 11.3 Å². The lowest BCUT2D eigenvalue weighted by atomic mass is 10.2. The number of rotatable bonds is 4. The van der Waals surface area contributed by atoms with Gasteiger partial charge in [0.1, 0.15) is 5.75 Å². The van der Waals surface area contributed by atoms with Gasteiger partial charge in [0.25, 0.3) is 5.91 Å². The van der Waals surface area contributed by atoms with E-state index in [2.05, 4.69) is 10.5 Å². The highest BCUT2D eigenvalue weighted by atomic mass is 16.5. The Morgan fingerprint density at radius 1 is 1.20 bits per heavy atom. The molecular weight excluding hydrogens is 254 g/mol. The zero-order valence-corrected chi connectivity index (χ0v) is 11.0. The summed E-state index contributed by atoms with van der Waals surface area (Å²) in [4.78, 5) is 11.8. The number of nitrogens with one attached hydrogen (secondary N) is 1. The summed E-state index contributed by atoms with van der Waals surface area (Å²) in [7, 11) is 1.60. The van der Waals surface area contributed by atoms with Gasteiger partial charge in [-0.2, -0.15) is 5.10 Å². The van der Waals surface area contributed by atoms with Crippen LogP contribution >= 0.6 is 0 Å². The van der Waals surface area contributed by atoms with Crippen LogP contribution in [0.15, 0.2) is 53.6 Å². The molecule has 0 heterocycles. The molecule has 1 amide bonds. The van der Waals surface area contributed by atoms with Gasteiger partial charge in [-0.3, -0.25) is 4.79 Å². The van der Waals surface area contributed by atoms with Crippen LogP contribution in [0.5, 0.6) is 5.75 Å². The number of para-hydroxylation sites is 1. The van der Waals surface area contributed by atoms with Crippen molar-refractivity contribution >= 4 is 17.8 Å². The van der Waals surface area contributed by atoms with Crippen LogP contribution in [-0.2, 0) is 0 Å². The molecule has 0 fully saturated rings. The minimum Gasteiger partial charge on any atom is -0.497 e. The fraction of sp³-hybridized carbons (Fsp3) is 0.0667. The summed E-state index contributed by atoms with van der Waals surface area (Å²) in [6, 6.07) is 14.1. The van der Waals surface area contributed by atoms with E-state index >= 15 is 0 Å². The normalized spacial score (nSPS) is 10.4. The van der Waals surface area contributed by atoms with Gasteiger partial charge >= 0.3 is 0 Å².